The molecule has 2 N–H and O–H groups in total. The lowest BCUT2D eigenvalue weighted by Gasteiger charge is -2.04. The molecular weight excluding hydrogens is 234 g/mol. The predicted octanol–water partition coefficient (Wildman–Crippen LogP) is 2.11. The van der Waals surface area contributed by atoms with Gasteiger partial charge in [-0.2, -0.15) is 0 Å². The molecule has 0 aliphatic heterocycles. The summed E-state index contributed by atoms with van der Waals surface area (Å²) in [6.07, 6.45) is 0.798. The summed E-state index contributed by atoms with van der Waals surface area (Å²) in [7, 11) is 0. The predicted molar refractivity (Wildman–Crippen MR) is 54.4 cm³/mol. The lowest BCUT2D eigenvalue weighted by molar-refractivity contribution is 0.122. The minimum Gasteiger partial charge on any atom is -0.494 e. The normalized spacial score (nSPS) is 10.0. The van der Waals surface area contributed by atoms with E-state index >= 15 is 0 Å². The molecule has 1 aromatic carbocycles. The van der Waals surface area contributed by atoms with Crippen LogP contribution in [0, 0.1) is 0 Å². The van der Waals surface area contributed by atoms with Crippen molar-refractivity contribution in [1.29, 1.82) is 0 Å². The summed E-state index contributed by atoms with van der Waals surface area (Å²) in [4.78, 5) is 4.41. The van der Waals surface area contributed by atoms with Crippen LogP contribution in [0.15, 0.2) is 28.7 Å². The second kappa shape index (κ2) is 5.96. The number of hydrogen-bond donors (Lipinski definition) is 1. The van der Waals surface area contributed by atoms with Gasteiger partial charge in [0.15, 0.2) is 0 Å². The topological polar surface area (TPSA) is 44.5 Å². The van der Waals surface area contributed by atoms with Crippen molar-refractivity contribution in [2.75, 3.05) is 13.2 Å². The first-order chi connectivity index (χ1) is 6.33. The van der Waals surface area contributed by atoms with Crippen LogP contribution < -0.4 is 10.6 Å². The maximum atomic E-state index is 5.41. The summed E-state index contributed by atoms with van der Waals surface area (Å²) < 4.78 is 6.45. The molecule has 72 valence electrons. The van der Waals surface area contributed by atoms with Gasteiger partial charge in [-0.25, -0.2) is 5.90 Å². The van der Waals surface area contributed by atoms with Crippen LogP contribution in [0.3, 0.4) is 0 Å². The molecule has 0 amide bonds. The number of ether oxygens (including phenoxy) is 1. The smallest absolute Gasteiger partial charge is 0.119 e. The minimum absolute atomic E-state index is 0.524. The van der Waals surface area contributed by atoms with Crippen molar-refractivity contribution < 1.29 is 9.57 Å². The van der Waals surface area contributed by atoms with E-state index in [0.717, 1.165) is 16.6 Å². The van der Waals surface area contributed by atoms with E-state index in [1.54, 1.807) is 0 Å². The molecule has 0 atom stereocenters. The molecule has 0 fully saturated rings. The van der Waals surface area contributed by atoms with E-state index in [1.807, 2.05) is 24.3 Å². The first kappa shape index (κ1) is 10.5. The molecule has 0 saturated heterocycles. The van der Waals surface area contributed by atoms with Gasteiger partial charge in [0.2, 0.25) is 0 Å². The Balaban J connectivity index is 2.25. The summed E-state index contributed by atoms with van der Waals surface area (Å²) in [5.41, 5.74) is 0. The average Bonchev–Trinajstić information content (AvgIpc) is 2.15. The van der Waals surface area contributed by atoms with E-state index in [-0.39, 0.29) is 0 Å². The maximum absolute atomic E-state index is 5.41. The molecule has 0 aromatic heterocycles. The fourth-order valence-corrected chi connectivity index (χ4v) is 1.13. The van der Waals surface area contributed by atoms with Gasteiger partial charge in [-0.15, -0.1) is 0 Å². The third kappa shape index (κ3) is 4.26. The summed E-state index contributed by atoms with van der Waals surface area (Å²) in [5.74, 6) is 5.73. The van der Waals surface area contributed by atoms with Gasteiger partial charge in [-0.1, -0.05) is 15.9 Å². The Morgan fingerprint density at radius 2 is 1.85 bits per heavy atom. The fourth-order valence-electron chi connectivity index (χ4n) is 0.863. The number of halogens is 1. The monoisotopic (exact) mass is 245 g/mol. The van der Waals surface area contributed by atoms with E-state index in [2.05, 4.69) is 20.8 Å². The molecule has 0 radical (unpaired) electrons. The fraction of sp³-hybridized carbons (Fsp3) is 0.333. The first-order valence-electron chi connectivity index (χ1n) is 4.03. The van der Waals surface area contributed by atoms with E-state index in [4.69, 9.17) is 10.6 Å². The van der Waals surface area contributed by atoms with Gasteiger partial charge in [0.25, 0.3) is 0 Å². The van der Waals surface area contributed by atoms with Gasteiger partial charge in [0.1, 0.15) is 5.75 Å². The second-order valence-corrected chi connectivity index (χ2v) is 3.44. The molecule has 1 aromatic rings. The van der Waals surface area contributed by atoms with Gasteiger partial charge in [0, 0.05) is 10.9 Å². The summed E-state index contributed by atoms with van der Waals surface area (Å²) in [6, 6.07) is 7.70. The Labute approximate surface area is 85.9 Å². The van der Waals surface area contributed by atoms with Crippen molar-refractivity contribution in [2.45, 2.75) is 6.42 Å². The average molecular weight is 246 g/mol. The molecule has 0 unspecified atom stereocenters. The van der Waals surface area contributed by atoms with Gasteiger partial charge in [-0.3, -0.25) is 0 Å². The van der Waals surface area contributed by atoms with Gasteiger partial charge < -0.3 is 9.57 Å². The van der Waals surface area contributed by atoms with Gasteiger partial charge in [0.05, 0.1) is 13.2 Å². The number of nitrogens with two attached hydrogens (primary N) is 1. The van der Waals surface area contributed by atoms with Crippen molar-refractivity contribution in [3.8, 4) is 5.75 Å². The standard InChI is InChI=1S/C9H12BrNO2/c10-8-2-4-9(5-3-8)12-6-1-7-13-11/h2-5H,1,6-7,11H2. The van der Waals surface area contributed by atoms with E-state index in [1.165, 1.54) is 0 Å². The van der Waals surface area contributed by atoms with Crippen LogP contribution in [0.2, 0.25) is 0 Å². The minimum atomic E-state index is 0.524. The largest absolute Gasteiger partial charge is 0.494 e. The molecule has 0 heterocycles. The Kier molecular flexibility index (Phi) is 4.82. The SMILES string of the molecule is NOCCCOc1ccc(Br)cc1. The molecule has 13 heavy (non-hydrogen) atoms. The van der Waals surface area contributed by atoms with E-state index < -0.39 is 0 Å². The number of benzene rings is 1. The van der Waals surface area contributed by atoms with Crippen LogP contribution in [0.25, 0.3) is 0 Å². The van der Waals surface area contributed by atoms with Crippen LogP contribution in [-0.2, 0) is 4.84 Å². The molecule has 0 saturated carbocycles. The molecule has 0 spiro atoms. The number of rotatable bonds is 5. The van der Waals surface area contributed by atoms with E-state index in [0.29, 0.717) is 13.2 Å². The van der Waals surface area contributed by atoms with Crippen molar-refractivity contribution in [3.63, 3.8) is 0 Å². The molecule has 3 nitrogen and oxygen atoms in total. The van der Waals surface area contributed by atoms with Crippen molar-refractivity contribution >= 4 is 15.9 Å². The zero-order chi connectivity index (χ0) is 9.52. The molecule has 0 aliphatic rings. The molecule has 4 heteroatoms. The van der Waals surface area contributed by atoms with Crippen LogP contribution in [0.1, 0.15) is 6.42 Å². The van der Waals surface area contributed by atoms with Crippen molar-refractivity contribution in [3.05, 3.63) is 28.7 Å². The summed E-state index contributed by atoms with van der Waals surface area (Å²) in [5, 5.41) is 0. The van der Waals surface area contributed by atoms with Gasteiger partial charge in [-0.05, 0) is 24.3 Å². The lowest BCUT2D eigenvalue weighted by Crippen LogP contribution is -2.06. The zero-order valence-corrected chi connectivity index (χ0v) is 8.79. The zero-order valence-electron chi connectivity index (χ0n) is 7.20. The Bertz CT molecular complexity index is 238. The van der Waals surface area contributed by atoms with Crippen LogP contribution in [0.4, 0.5) is 0 Å². The van der Waals surface area contributed by atoms with Crippen molar-refractivity contribution in [1.82, 2.24) is 0 Å². The molecule has 0 bridgehead atoms. The van der Waals surface area contributed by atoms with Crippen LogP contribution in [-0.4, -0.2) is 13.2 Å². The third-order valence-electron chi connectivity index (χ3n) is 1.49. The van der Waals surface area contributed by atoms with E-state index in [9.17, 15) is 0 Å². The highest BCUT2D eigenvalue weighted by Gasteiger charge is 1.92. The van der Waals surface area contributed by atoms with Crippen LogP contribution >= 0.6 is 15.9 Å². The number of hydrogen-bond acceptors (Lipinski definition) is 3. The highest BCUT2D eigenvalue weighted by Crippen LogP contribution is 2.15. The highest BCUT2D eigenvalue weighted by atomic mass is 79.9. The molecular formula is C9H12BrNO2. The summed E-state index contributed by atoms with van der Waals surface area (Å²) in [6.45, 7) is 1.15. The van der Waals surface area contributed by atoms with Crippen LogP contribution in [0.5, 0.6) is 5.75 Å². The Morgan fingerprint density at radius 1 is 1.15 bits per heavy atom. The second-order valence-electron chi connectivity index (χ2n) is 2.53. The first-order valence-corrected chi connectivity index (χ1v) is 4.82. The molecule has 1 rings (SSSR count). The quantitative estimate of drug-likeness (QED) is 0.639. The highest BCUT2D eigenvalue weighted by molar-refractivity contribution is 9.10. The lowest BCUT2D eigenvalue weighted by atomic mass is 10.3. The summed E-state index contributed by atoms with van der Waals surface area (Å²) >= 11 is 3.35. The van der Waals surface area contributed by atoms with Crippen molar-refractivity contribution in [2.24, 2.45) is 5.90 Å². The maximum Gasteiger partial charge on any atom is 0.119 e. The Morgan fingerprint density at radius 3 is 2.46 bits per heavy atom. The Hall–Kier alpha value is -0.580. The van der Waals surface area contributed by atoms with Gasteiger partial charge >= 0.3 is 0 Å². The molecule has 0 aliphatic carbocycles. The third-order valence-corrected chi connectivity index (χ3v) is 2.02.